The third-order valence-electron chi connectivity index (χ3n) is 7.13. The van der Waals surface area contributed by atoms with Gasteiger partial charge in [-0.15, -0.1) is 0 Å². The van der Waals surface area contributed by atoms with E-state index < -0.39 is 0 Å². The Balaban J connectivity index is 1.26. The number of para-hydroxylation sites is 1. The average molecular weight is 446 g/mol. The number of amides is 1. The van der Waals surface area contributed by atoms with Gasteiger partial charge in [0.1, 0.15) is 24.3 Å². The second-order valence-electron chi connectivity index (χ2n) is 9.17. The van der Waals surface area contributed by atoms with E-state index in [0.717, 1.165) is 18.7 Å². The van der Waals surface area contributed by atoms with Gasteiger partial charge in [-0.1, -0.05) is 25.1 Å². The van der Waals surface area contributed by atoms with E-state index >= 15 is 0 Å². The lowest BCUT2D eigenvalue weighted by atomic mass is 9.81. The van der Waals surface area contributed by atoms with Crippen LogP contribution in [-0.2, 0) is 23.3 Å². The first kappa shape index (κ1) is 21.2. The van der Waals surface area contributed by atoms with E-state index in [0.29, 0.717) is 5.56 Å². The molecule has 2 aromatic carbocycles. The van der Waals surface area contributed by atoms with Crippen molar-refractivity contribution in [2.24, 2.45) is 0 Å². The molecule has 1 fully saturated rings. The van der Waals surface area contributed by atoms with Gasteiger partial charge < -0.3 is 14.5 Å². The molecule has 2 aliphatic heterocycles. The number of likely N-dealkylation sites (tertiary alicyclic amines) is 1. The maximum absolute atomic E-state index is 13.3. The molecule has 0 saturated carbocycles. The number of methoxy groups -OCH3 is 1. The summed E-state index contributed by atoms with van der Waals surface area (Å²) in [4.78, 5) is 30.2. The summed E-state index contributed by atoms with van der Waals surface area (Å²) < 4.78 is 8.81. The van der Waals surface area contributed by atoms with Crippen LogP contribution < -0.4 is 14.2 Å². The quantitative estimate of drug-likeness (QED) is 0.432. The van der Waals surface area contributed by atoms with Crippen molar-refractivity contribution in [3.8, 4) is 5.75 Å². The van der Waals surface area contributed by atoms with Crippen molar-refractivity contribution in [1.29, 1.82) is 0 Å². The van der Waals surface area contributed by atoms with E-state index in [1.165, 1.54) is 11.3 Å². The number of carbonyl (C=O) groups excluding carboxylic acids is 2. The zero-order valence-electron chi connectivity index (χ0n) is 19.3. The minimum Gasteiger partial charge on any atom is -0.497 e. The first-order chi connectivity index (χ1) is 15.9. The normalized spacial score (nSPS) is 21.1. The smallest absolute Gasteiger partial charge is 0.266 e. The summed E-state index contributed by atoms with van der Waals surface area (Å²) in [6.07, 6.45) is 6.48. The number of rotatable bonds is 6. The lowest BCUT2D eigenvalue weighted by Crippen LogP contribution is -2.50. The number of anilines is 1. The number of hydrogen-bond donors (Lipinski definition) is 0. The molecule has 0 radical (unpaired) electrons. The standard InChI is InChI=1S/C26H29N4O3/c1-26-12-13-30(25(26)27(2)22-7-5-4-6-21(22)26)24(32)17-29-15-14-28(18-29)16-23(31)19-8-10-20(33-3)11-9-19/h4-11,14-15,18,25H,12-13,16-17H2,1-3H3/q+1. The monoisotopic (exact) mass is 445 g/mol. The number of hydrogen-bond acceptors (Lipinski definition) is 4. The number of carbonyl (C=O) groups is 2. The first-order valence-corrected chi connectivity index (χ1v) is 11.2. The van der Waals surface area contributed by atoms with E-state index in [9.17, 15) is 9.59 Å². The highest BCUT2D eigenvalue weighted by Crippen LogP contribution is 2.51. The average Bonchev–Trinajstić information content (AvgIpc) is 3.48. The van der Waals surface area contributed by atoms with Gasteiger partial charge in [0, 0.05) is 30.3 Å². The third kappa shape index (κ3) is 3.57. The maximum Gasteiger partial charge on any atom is 0.266 e. The fraction of sp³-hybridized carbons (Fsp3) is 0.346. The van der Waals surface area contributed by atoms with Crippen molar-refractivity contribution in [3.63, 3.8) is 0 Å². The van der Waals surface area contributed by atoms with Crippen LogP contribution in [0.4, 0.5) is 5.69 Å². The molecule has 5 rings (SSSR count). The van der Waals surface area contributed by atoms with Crippen molar-refractivity contribution in [2.45, 2.75) is 38.0 Å². The number of fused-ring (bicyclic) bond motifs is 3. The zero-order valence-corrected chi connectivity index (χ0v) is 19.3. The molecule has 170 valence electrons. The predicted molar refractivity (Wildman–Crippen MR) is 124 cm³/mol. The predicted octanol–water partition coefficient (Wildman–Crippen LogP) is 2.63. The van der Waals surface area contributed by atoms with Crippen molar-refractivity contribution < 1.29 is 18.9 Å². The molecule has 0 N–H and O–H groups in total. The molecule has 3 heterocycles. The molecule has 1 saturated heterocycles. The molecular formula is C26H29N4O3+. The Labute approximate surface area is 193 Å². The molecular weight excluding hydrogens is 416 g/mol. The molecule has 0 aliphatic carbocycles. The molecule has 2 unspecified atom stereocenters. The van der Waals surface area contributed by atoms with E-state index in [1.54, 1.807) is 31.4 Å². The molecule has 0 bridgehead atoms. The maximum atomic E-state index is 13.3. The molecule has 0 spiro atoms. The fourth-order valence-electron chi connectivity index (χ4n) is 5.42. The Kier molecular flexibility index (Phi) is 5.19. The fourth-order valence-corrected chi connectivity index (χ4v) is 5.42. The Morgan fingerprint density at radius 2 is 1.91 bits per heavy atom. The Morgan fingerprint density at radius 1 is 1.15 bits per heavy atom. The van der Waals surface area contributed by atoms with Crippen LogP contribution in [0.5, 0.6) is 5.75 Å². The minimum absolute atomic E-state index is 0.00684. The van der Waals surface area contributed by atoms with Crippen LogP contribution in [0, 0.1) is 0 Å². The van der Waals surface area contributed by atoms with Crippen molar-refractivity contribution in [1.82, 2.24) is 9.47 Å². The van der Waals surface area contributed by atoms with Gasteiger partial charge in [-0.3, -0.25) is 9.59 Å². The summed E-state index contributed by atoms with van der Waals surface area (Å²) in [5.41, 5.74) is 3.11. The summed E-state index contributed by atoms with van der Waals surface area (Å²) in [5, 5.41) is 0. The van der Waals surface area contributed by atoms with E-state index in [1.807, 2.05) is 32.8 Å². The summed E-state index contributed by atoms with van der Waals surface area (Å²) in [5.74, 6) is 0.817. The van der Waals surface area contributed by atoms with E-state index in [4.69, 9.17) is 4.74 Å². The summed E-state index contributed by atoms with van der Waals surface area (Å²) in [6, 6.07) is 15.6. The van der Waals surface area contributed by atoms with Gasteiger partial charge >= 0.3 is 0 Å². The SMILES string of the molecule is COc1ccc(C(=O)C[n+]2ccn(CC(=O)N3CCC4(C)c5ccccc5N(C)C34)c2)cc1. The number of ether oxygens (including phenoxy) is 1. The molecule has 2 atom stereocenters. The molecule has 7 heteroatoms. The van der Waals surface area contributed by atoms with Crippen LogP contribution in [0.1, 0.15) is 29.3 Å². The topological polar surface area (TPSA) is 58.7 Å². The number of benzene rings is 2. The van der Waals surface area contributed by atoms with Gasteiger partial charge in [-0.05, 0) is 42.3 Å². The molecule has 1 aromatic heterocycles. The van der Waals surface area contributed by atoms with Crippen LogP contribution in [-0.4, -0.2) is 48.0 Å². The third-order valence-corrected chi connectivity index (χ3v) is 7.13. The largest absolute Gasteiger partial charge is 0.497 e. The number of ketones is 1. The van der Waals surface area contributed by atoms with Crippen LogP contribution in [0.2, 0.25) is 0 Å². The number of nitrogens with zero attached hydrogens (tertiary/aromatic N) is 4. The Hall–Kier alpha value is -3.61. The Morgan fingerprint density at radius 3 is 2.67 bits per heavy atom. The Bertz CT molecular complexity index is 1200. The summed E-state index contributed by atoms with van der Waals surface area (Å²) in [6.45, 7) is 3.48. The second-order valence-corrected chi connectivity index (χ2v) is 9.17. The summed E-state index contributed by atoms with van der Waals surface area (Å²) >= 11 is 0. The number of likely N-dealkylation sites (N-methyl/N-ethyl adjacent to an activating group) is 1. The zero-order chi connectivity index (χ0) is 23.2. The van der Waals surface area contributed by atoms with Gasteiger partial charge in [0.05, 0.1) is 7.11 Å². The first-order valence-electron chi connectivity index (χ1n) is 11.2. The molecule has 2 aliphatic rings. The lowest BCUT2D eigenvalue weighted by molar-refractivity contribution is -0.682. The van der Waals surface area contributed by atoms with Gasteiger partial charge in [0.2, 0.25) is 12.1 Å². The number of aromatic nitrogens is 2. The highest BCUT2D eigenvalue weighted by atomic mass is 16.5. The van der Waals surface area contributed by atoms with Crippen LogP contribution in [0.25, 0.3) is 0 Å². The van der Waals surface area contributed by atoms with Gasteiger partial charge in [-0.2, -0.15) is 0 Å². The van der Waals surface area contributed by atoms with Crippen molar-refractivity contribution >= 4 is 17.4 Å². The van der Waals surface area contributed by atoms with Crippen LogP contribution in [0.3, 0.4) is 0 Å². The number of Topliss-reactive ketones (excluding diaryl/α,β-unsaturated/α-hetero) is 1. The van der Waals surface area contributed by atoms with Crippen molar-refractivity contribution in [2.75, 3.05) is 25.6 Å². The molecule has 33 heavy (non-hydrogen) atoms. The van der Waals surface area contributed by atoms with E-state index in [2.05, 4.69) is 43.1 Å². The second kappa shape index (κ2) is 8.06. The van der Waals surface area contributed by atoms with Gasteiger partial charge in [0.15, 0.2) is 13.1 Å². The highest BCUT2D eigenvalue weighted by Gasteiger charge is 2.54. The molecule has 7 nitrogen and oxygen atoms in total. The van der Waals surface area contributed by atoms with E-state index in [-0.39, 0.29) is 36.4 Å². The summed E-state index contributed by atoms with van der Waals surface area (Å²) in [7, 11) is 3.68. The van der Waals surface area contributed by atoms with Crippen LogP contribution in [0.15, 0.2) is 67.3 Å². The lowest BCUT2D eigenvalue weighted by Gasteiger charge is -2.34. The van der Waals surface area contributed by atoms with Crippen molar-refractivity contribution in [3.05, 3.63) is 78.4 Å². The highest BCUT2D eigenvalue weighted by molar-refractivity contribution is 5.95. The van der Waals surface area contributed by atoms with Gasteiger partial charge in [0.25, 0.3) is 5.91 Å². The van der Waals surface area contributed by atoms with Gasteiger partial charge in [-0.25, -0.2) is 9.13 Å². The number of imidazole rings is 1. The minimum atomic E-state index is -0.0532. The molecule has 3 aromatic rings. The van der Waals surface area contributed by atoms with Crippen LogP contribution >= 0.6 is 0 Å². The molecule has 1 amide bonds.